The van der Waals surface area contributed by atoms with E-state index in [9.17, 15) is 0 Å². The van der Waals surface area contributed by atoms with Gasteiger partial charge in [-0.1, -0.05) is 18.3 Å². The van der Waals surface area contributed by atoms with Crippen LogP contribution in [0.1, 0.15) is 26.2 Å². The first-order chi connectivity index (χ1) is 8.28. The van der Waals surface area contributed by atoms with Crippen LogP contribution in [0, 0.1) is 0 Å². The highest BCUT2D eigenvalue weighted by Gasteiger charge is 2.30. The molecule has 1 heterocycles. The zero-order valence-electron chi connectivity index (χ0n) is 10.0. The second kappa shape index (κ2) is 4.18. The quantitative estimate of drug-likeness (QED) is 0.843. The highest BCUT2D eigenvalue weighted by atomic mass is 32.1. The SMILES string of the molecule is CCCN(c1nc2ccc(N)cc2s1)C1CC1. The van der Waals surface area contributed by atoms with Crippen molar-refractivity contribution in [1.29, 1.82) is 0 Å². The summed E-state index contributed by atoms with van der Waals surface area (Å²) in [5.74, 6) is 0. The summed E-state index contributed by atoms with van der Waals surface area (Å²) in [6.07, 6.45) is 3.81. The van der Waals surface area contributed by atoms with Crippen LogP contribution >= 0.6 is 11.3 Å². The lowest BCUT2D eigenvalue weighted by Gasteiger charge is -2.20. The van der Waals surface area contributed by atoms with Crippen molar-refractivity contribution in [2.24, 2.45) is 0 Å². The maximum atomic E-state index is 5.81. The molecule has 1 aliphatic carbocycles. The van der Waals surface area contributed by atoms with Crippen LogP contribution < -0.4 is 10.6 Å². The van der Waals surface area contributed by atoms with E-state index in [1.54, 1.807) is 11.3 Å². The molecule has 0 radical (unpaired) electrons. The lowest BCUT2D eigenvalue weighted by molar-refractivity contribution is 0.761. The van der Waals surface area contributed by atoms with E-state index in [1.165, 1.54) is 24.0 Å². The summed E-state index contributed by atoms with van der Waals surface area (Å²) in [6.45, 7) is 3.33. The van der Waals surface area contributed by atoms with Gasteiger partial charge in [-0.15, -0.1) is 0 Å². The third-order valence-electron chi connectivity index (χ3n) is 3.10. The standard InChI is InChI=1S/C13H17N3S/c1-2-7-16(10-4-5-10)13-15-11-6-3-9(14)8-12(11)17-13/h3,6,8,10H,2,4-5,7,14H2,1H3. The van der Waals surface area contributed by atoms with Crippen molar-refractivity contribution >= 4 is 32.4 Å². The molecule has 0 saturated heterocycles. The van der Waals surface area contributed by atoms with Crippen LogP contribution in [-0.4, -0.2) is 17.6 Å². The normalized spacial score (nSPS) is 15.4. The van der Waals surface area contributed by atoms with E-state index in [1.807, 2.05) is 18.2 Å². The maximum Gasteiger partial charge on any atom is 0.186 e. The number of hydrogen-bond acceptors (Lipinski definition) is 4. The first-order valence-corrected chi connectivity index (χ1v) is 7.02. The Hall–Kier alpha value is -1.29. The number of hydrogen-bond donors (Lipinski definition) is 1. The Labute approximate surface area is 105 Å². The third-order valence-corrected chi connectivity index (χ3v) is 4.15. The van der Waals surface area contributed by atoms with Crippen molar-refractivity contribution in [3.05, 3.63) is 18.2 Å². The average molecular weight is 247 g/mol. The Morgan fingerprint density at radius 2 is 2.29 bits per heavy atom. The highest BCUT2D eigenvalue weighted by molar-refractivity contribution is 7.22. The molecule has 2 aromatic rings. The Kier molecular flexibility index (Phi) is 2.67. The molecular formula is C13H17N3S. The minimum Gasteiger partial charge on any atom is -0.399 e. The van der Waals surface area contributed by atoms with Gasteiger partial charge in [-0.25, -0.2) is 4.98 Å². The number of rotatable bonds is 4. The molecule has 0 bridgehead atoms. The fourth-order valence-corrected chi connectivity index (χ4v) is 3.22. The van der Waals surface area contributed by atoms with Gasteiger partial charge in [0.05, 0.1) is 10.2 Å². The molecule has 1 saturated carbocycles. The van der Waals surface area contributed by atoms with Crippen LogP contribution in [0.5, 0.6) is 0 Å². The molecule has 0 spiro atoms. The summed E-state index contributed by atoms with van der Waals surface area (Å²) in [5, 5.41) is 1.16. The summed E-state index contributed by atoms with van der Waals surface area (Å²) < 4.78 is 1.20. The Morgan fingerprint density at radius 3 is 3.00 bits per heavy atom. The molecule has 17 heavy (non-hydrogen) atoms. The number of aromatic nitrogens is 1. The first-order valence-electron chi connectivity index (χ1n) is 6.20. The van der Waals surface area contributed by atoms with Crippen molar-refractivity contribution in [2.45, 2.75) is 32.2 Å². The monoisotopic (exact) mass is 247 g/mol. The number of fused-ring (bicyclic) bond motifs is 1. The van der Waals surface area contributed by atoms with E-state index >= 15 is 0 Å². The fourth-order valence-electron chi connectivity index (χ4n) is 2.11. The van der Waals surface area contributed by atoms with Crippen LogP contribution in [0.4, 0.5) is 10.8 Å². The van der Waals surface area contributed by atoms with Gasteiger partial charge in [0.1, 0.15) is 0 Å². The number of nitrogens with two attached hydrogens (primary N) is 1. The van der Waals surface area contributed by atoms with Crippen molar-refractivity contribution in [3.63, 3.8) is 0 Å². The Balaban J connectivity index is 1.98. The number of benzene rings is 1. The van der Waals surface area contributed by atoms with Gasteiger partial charge in [-0.05, 0) is 37.5 Å². The van der Waals surface area contributed by atoms with Gasteiger partial charge >= 0.3 is 0 Å². The van der Waals surface area contributed by atoms with Gasteiger partial charge in [0.15, 0.2) is 5.13 Å². The summed E-state index contributed by atoms with van der Waals surface area (Å²) in [6, 6.07) is 6.69. The van der Waals surface area contributed by atoms with Gasteiger partial charge in [0.2, 0.25) is 0 Å². The molecule has 0 amide bonds. The predicted molar refractivity (Wildman–Crippen MR) is 74.7 cm³/mol. The Bertz CT molecular complexity index is 530. The van der Waals surface area contributed by atoms with E-state index in [0.29, 0.717) is 0 Å². The lowest BCUT2D eigenvalue weighted by atomic mass is 10.3. The lowest BCUT2D eigenvalue weighted by Crippen LogP contribution is -2.26. The van der Waals surface area contributed by atoms with E-state index < -0.39 is 0 Å². The van der Waals surface area contributed by atoms with Gasteiger partial charge in [-0.3, -0.25) is 0 Å². The van der Waals surface area contributed by atoms with Crippen molar-refractivity contribution in [1.82, 2.24) is 4.98 Å². The van der Waals surface area contributed by atoms with Gasteiger partial charge in [0, 0.05) is 18.3 Å². The number of nitrogen functional groups attached to an aromatic ring is 1. The molecule has 0 aliphatic heterocycles. The van der Waals surface area contributed by atoms with Crippen LogP contribution in [0.25, 0.3) is 10.2 Å². The summed E-state index contributed by atoms with van der Waals surface area (Å²) in [5.41, 5.74) is 7.70. The van der Waals surface area contributed by atoms with Gasteiger partial charge in [-0.2, -0.15) is 0 Å². The minimum absolute atomic E-state index is 0.729. The zero-order chi connectivity index (χ0) is 11.8. The summed E-state index contributed by atoms with van der Waals surface area (Å²) >= 11 is 1.76. The van der Waals surface area contributed by atoms with E-state index in [2.05, 4.69) is 11.8 Å². The molecule has 1 aromatic carbocycles. The molecule has 1 fully saturated rings. The molecule has 1 aliphatic rings. The van der Waals surface area contributed by atoms with E-state index in [-0.39, 0.29) is 0 Å². The zero-order valence-corrected chi connectivity index (χ0v) is 10.8. The summed E-state index contributed by atoms with van der Waals surface area (Å²) in [7, 11) is 0. The van der Waals surface area contributed by atoms with Crippen LogP contribution in [0.2, 0.25) is 0 Å². The van der Waals surface area contributed by atoms with Crippen molar-refractivity contribution in [3.8, 4) is 0 Å². The number of nitrogens with zero attached hydrogens (tertiary/aromatic N) is 2. The third kappa shape index (κ3) is 2.09. The van der Waals surface area contributed by atoms with E-state index in [4.69, 9.17) is 10.7 Å². The average Bonchev–Trinajstić information content (AvgIpc) is 3.05. The minimum atomic E-state index is 0.729. The Morgan fingerprint density at radius 1 is 1.47 bits per heavy atom. The molecule has 1 aromatic heterocycles. The van der Waals surface area contributed by atoms with E-state index in [0.717, 1.165) is 28.9 Å². The highest BCUT2D eigenvalue weighted by Crippen LogP contribution is 2.36. The molecule has 90 valence electrons. The van der Waals surface area contributed by atoms with Gasteiger partial charge in [0.25, 0.3) is 0 Å². The maximum absolute atomic E-state index is 5.81. The molecule has 2 N–H and O–H groups in total. The molecule has 3 rings (SSSR count). The molecular weight excluding hydrogens is 230 g/mol. The second-order valence-electron chi connectivity index (χ2n) is 4.65. The smallest absolute Gasteiger partial charge is 0.186 e. The van der Waals surface area contributed by atoms with Crippen LogP contribution in [0.15, 0.2) is 18.2 Å². The fraction of sp³-hybridized carbons (Fsp3) is 0.462. The molecule has 0 atom stereocenters. The number of anilines is 2. The van der Waals surface area contributed by atoms with Crippen molar-refractivity contribution in [2.75, 3.05) is 17.2 Å². The van der Waals surface area contributed by atoms with Gasteiger partial charge < -0.3 is 10.6 Å². The topological polar surface area (TPSA) is 42.2 Å². The van der Waals surface area contributed by atoms with Crippen molar-refractivity contribution < 1.29 is 0 Å². The van der Waals surface area contributed by atoms with Crippen LogP contribution in [0.3, 0.4) is 0 Å². The molecule has 3 nitrogen and oxygen atoms in total. The van der Waals surface area contributed by atoms with Crippen LogP contribution in [-0.2, 0) is 0 Å². The summed E-state index contributed by atoms with van der Waals surface area (Å²) in [4.78, 5) is 7.18. The largest absolute Gasteiger partial charge is 0.399 e. The first kappa shape index (κ1) is 10.8. The second-order valence-corrected chi connectivity index (χ2v) is 5.66. The predicted octanol–water partition coefficient (Wildman–Crippen LogP) is 3.26. The molecule has 0 unspecified atom stereocenters. The molecule has 4 heteroatoms. The number of thiazole rings is 1.